The molecule has 1 aliphatic rings. The molecule has 120 valence electrons. The normalized spacial score (nSPS) is 16.6. The second-order valence-corrected chi connectivity index (χ2v) is 8.77. The Hall–Kier alpha value is -0.130. The molecule has 5 heteroatoms. The maximum atomic E-state index is 11.9. The Morgan fingerprint density at radius 2 is 1.85 bits per heavy atom. The average Bonchev–Trinajstić information content (AvgIpc) is 3.17. The Balaban J connectivity index is 2.15. The fraction of sp³-hybridized carbons (Fsp3) is 1.00. The van der Waals surface area contributed by atoms with Gasteiger partial charge in [0.1, 0.15) is 0 Å². The smallest absolute Gasteiger partial charge is 0.211 e. The van der Waals surface area contributed by atoms with Gasteiger partial charge in [-0.2, -0.15) is 0 Å². The molecular formula is C15H32N2O2S. The van der Waals surface area contributed by atoms with Crippen molar-refractivity contribution in [2.75, 3.05) is 18.8 Å². The van der Waals surface area contributed by atoms with Gasteiger partial charge in [0.05, 0.1) is 5.75 Å². The van der Waals surface area contributed by atoms with Gasteiger partial charge in [-0.1, -0.05) is 40.0 Å². The molecule has 1 saturated carbocycles. The molecule has 2 N–H and O–H groups in total. The first-order chi connectivity index (χ1) is 9.35. The molecule has 0 atom stereocenters. The average molecular weight is 304 g/mol. The minimum absolute atomic E-state index is 0.0501. The maximum absolute atomic E-state index is 11.9. The molecule has 0 aromatic rings. The molecular weight excluding hydrogens is 272 g/mol. The van der Waals surface area contributed by atoms with Gasteiger partial charge in [0.15, 0.2) is 0 Å². The molecule has 0 radical (unpaired) electrons. The van der Waals surface area contributed by atoms with E-state index in [9.17, 15) is 8.42 Å². The van der Waals surface area contributed by atoms with E-state index in [4.69, 9.17) is 0 Å². The van der Waals surface area contributed by atoms with Gasteiger partial charge in [0.25, 0.3) is 0 Å². The van der Waals surface area contributed by atoms with Crippen LogP contribution < -0.4 is 10.0 Å². The Bertz CT molecular complexity index is 362. The largest absolute Gasteiger partial charge is 0.314 e. The van der Waals surface area contributed by atoms with Gasteiger partial charge >= 0.3 is 0 Å². The molecule has 4 nitrogen and oxygen atoms in total. The van der Waals surface area contributed by atoms with Gasteiger partial charge in [0, 0.05) is 12.6 Å². The van der Waals surface area contributed by atoms with E-state index in [1.807, 2.05) is 0 Å². The summed E-state index contributed by atoms with van der Waals surface area (Å²) < 4.78 is 26.6. The molecule has 1 rings (SSSR count). The highest BCUT2D eigenvalue weighted by molar-refractivity contribution is 7.89. The van der Waals surface area contributed by atoms with Crippen molar-refractivity contribution >= 4 is 10.0 Å². The van der Waals surface area contributed by atoms with Gasteiger partial charge in [-0.05, 0) is 37.6 Å². The van der Waals surface area contributed by atoms with Gasteiger partial charge < -0.3 is 5.32 Å². The first kappa shape index (κ1) is 17.9. The van der Waals surface area contributed by atoms with Crippen molar-refractivity contribution in [2.24, 2.45) is 5.41 Å². The van der Waals surface area contributed by atoms with Crippen molar-refractivity contribution in [1.82, 2.24) is 10.0 Å². The van der Waals surface area contributed by atoms with Crippen LogP contribution in [0.4, 0.5) is 0 Å². The highest BCUT2D eigenvalue weighted by Crippen LogP contribution is 2.23. The van der Waals surface area contributed by atoms with E-state index < -0.39 is 10.0 Å². The molecule has 0 aromatic heterocycles. The van der Waals surface area contributed by atoms with E-state index in [-0.39, 0.29) is 11.2 Å². The first-order valence-corrected chi connectivity index (χ1v) is 9.70. The molecule has 0 heterocycles. The lowest BCUT2D eigenvalue weighted by Gasteiger charge is -2.24. The van der Waals surface area contributed by atoms with Crippen molar-refractivity contribution in [3.63, 3.8) is 0 Å². The fourth-order valence-corrected chi connectivity index (χ4v) is 3.45. The van der Waals surface area contributed by atoms with E-state index >= 15 is 0 Å². The van der Waals surface area contributed by atoms with E-state index in [0.717, 1.165) is 13.0 Å². The highest BCUT2D eigenvalue weighted by atomic mass is 32.2. The lowest BCUT2D eigenvalue weighted by molar-refractivity contribution is 0.320. The number of hydrogen-bond donors (Lipinski definition) is 2. The van der Waals surface area contributed by atoms with Crippen LogP contribution in [0.5, 0.6) is 0 Å². The monoisotopic (exact) mass is 304 g/mol. The summed E-state index contributed by atoms with van der Waals surface area (Å²) in [6, 6.07) is 0.656. The zero-order chi connectivity index (χ0) is 15.1. The van der Waals surface area contributed by atoms with Gasteiger partial charge in [0.2, 0.25) is 10.0 Å². The zero-order valence-electron chi connectivity index (χ0n) is 13.4. The molecule has 0 amide bonds. The number of sulfonamides is 1. The van der Waals surface area contributed by atoms with Crippen molar-refractivity contribution in [2.45, 2.75) is 71.8 Å². The van der Waals surface area contributed by atoms with Crippen molar-refractivity contribution in [1.29, 1.82) is 0 Å². The Morgan fingerprint density at radius 3 is 2.45 bits per heavy atom. The topological polar surface area (TPSA) is 58.2 Å². The molecule has 1 fully saturated rings. The molecule has 0 unspecified atom stereocenters. The van der Waals surface area contributed by atoms with Crippen LogP contribution in [-0.2, 0) is 10.0 Å². The van der Waals surface area contributed by atoms with Crippen LogP contribution in [0.3, 0.4) is 0 Å². The van der Waals surface area contributed by atoms with Crippen LogP contribution in [0, 0.1) is 5.41 Å². The lowest BCUT2D eigenvalue weighted by Crippen LogP contribution is -2.36. The lowest BCUT2D eigenvalue weighted by atomic mass is 9.87. The number of rotatable bonds is 12. The summed E-state index contributed by atoms with van der Waals surface area (Å²) in [7, 11) is -3.11. The molecule has 0 spiro atoms. The Morgan fingerprint density at radius 1 is 1.15 bits per heavy atom. The SMILES string of the molecule is CCCCCC(C)(C)CNS(=O)(=O)CCCNC1CC1. The summed E-state index contributed by atoms with van der Waals surface area (Å²) in [5, 5.41) is 3.34. The standard InChI is InChI=1S/C15H32N2O2S/c1-4-5-6-10-15(2,3)13-17-20(18,19)12-7-11-16-14-8-9-14/h14,16-17H,4-13H2,1-3H3. The summed E-state index contributed by atoms with van der Waals surface area (Å²) >= 11 is 0. The summed E-state index contributed by atoms with van der Waals surface area (Å²) in [6.45, 7) is 7.83. The third kappa shape index (κ3) is 8.93. The Kier molecular flexibility index (Phi) is 7.48. The number of unbranched alkanes of at least 4 members (excludes halogenated alkanes) is 2. The zero-order valence-corrected chi connectivity index (χ0v) is 14.2. The van der Waals surface area contributed by atoms with Crippen LogP contribution >= 0.6 is 0 Å². The maximum Gasteiger partial charge on any atom is 0.211 e. The third-order valence-electron chi connectivity index (χ3n) is 3.83. The summed E-state index contributed by atoms with van der Waals surface area (Å²) in [6.07, 6.45) is 7.87. The minimum atomic E-state index is -3.11. The Labute approximate surface area is 125 Å². The van der Waals surface area contributed by atoms with E-state index in [1.165, 1.54) is 32.1 Å². The molecule has 0 saturated heterocycles. The molecule has 1 aliphatic carbocycles. The van der Waals surface area contributed by atoms with Crippen molar-refractivity contribution < 1.29 is 8.42 Å². The van der Waals surface area contributed by atoms with Crippen molar-refractivity contribution in [3.05, 3.63) is 0 Å². The van der Waals surface area contributed by atoms with E-state index in [0.29, 0.717) is 19.0 Å². The second-order valence-electron chi connectivity index (χ2n) is 6.84. The third-order valence-corrected chi connectivity index (χ3v) is 5.24. The summed E-state index contributed by atoms with van der Waals surface area (Å²) in [5.74, 6) is 0.234. The molecule has 0 bridgehead atoms. The molecule has 0 aromatic carbocycles. The minimum Gasteiger partial charge on any atom is -0.314 e. The quantitative estimate of drug-likeness (QED) is 0.545. The highest BCUT2D eigenvalue weighted by Gasteiger charge is 2.22. The van der Waals surface area contributed by atoms with Crippen LogP contribution in [0.25, 0.3) is 0 Å². The van der Waals surface area contributed by atoms with E-state index in [2.05, 4.69) is 30.8 Å². The van der Waals surface area contributed by atoms with Gasteiger partial charge in [-0.15, -0.1) is 0 Å². The van der Waals surface area contributed by atoms with E-state index in [1.54, 1.807) is 0 Å². The van der Waals surface area contributed by atoms with Crippen LogP contribution in [0.1, 0.15) is 65.7 Å². The fourth-order valence-electron chi connectivity index (χ4n) is 2.18. The second kappa shape index (κ2) is 8.35. The summed E-state index contributed by atoms with van der Waals surface area (Å²) in [5.41, 5.74) is 0.0501. The molecule has 20 heavy (non-hydrogen) atoms. The first-order valence-electron chi connectivity index (χ1n) is 8.05. The van der Waals surface area contributed by atoms with Gasteiger partial charge in [-0.3, -0.25) is 0 Å². The van der Waals surface area contributed by atoms with Gasteiger partial charge in [-0.25, -0.2) is 13.1 Å². The number of hydrogen-bond acceptors (Lipinski definition) is 3. The predicted octanol–water partition coefficient (Wildman–Crippen LogP) is 2.65. The molecule has 0 aliphatic heterocycles. The predicted molar refractivity (Wildman–Crippen MR) is 85.4 cm³/mol. The van der Waals surface area contributed by atoms with Crippen LogP contribution in [0.15, 0.2) is 0 Å². The summed E-state index contributed by atoms with van der Waals surface area (Å²) in [4.78, 5) is 0. The van der Waals surface area contributed by atoms with Crippen LogP contribution in [0.2, 0.25) is 0 Å². The van der Waals surface area contributed by atoms with Crippen LogP contribution in [-0.4, -0.2) is 33.3 Å². The van der Waals surface area contributed by atoms with Crippen molar-refractivity contribution in [3.8, 4) is 0 Å². The number of nitrogens with one attached hydrogen (secondary N) is 2.